The van der Waals surface area contributed by atoms with Crippen LogP contribution in [0.15, 0.2) is 78.4 Å². The molecular weight excluding hydrogens is 475 g/mol. The summed E-state index contributed by atoms with van der Waals surface area (Å²) in [5, 5.41) is 18.9. The van der Waals surface area contributed by atoms with Gasteiger partial charge in [0.05, 0.1) is 11.6 Å². The number of hydrogen-bond acceptors (Lipinski definition) is 6. The van der Waals surface area contributed by atoms with Crippen molar-refractivity contribution < 1.29 is 51.4 Å². The topological polar surface area (TPSA) is 106 Å². The molecule has 1 unspecified atom stereocenters. The molecule has 36 heavy (non-hydrogen) atoms. The van der Waals surface area contributed by atoms with Crippen LogP contribution in [0.2, 0.25) is 0 Å². The number of rotatable bonds is 12. The van der Waals surface area contributed by atoms with Crippen molar-refractivity contribution >= 4 is 11.3 Å². The van der Waals surface area contributed by atoms with E-state index in [9.17, 15) is 4.79 Å². The van der Waals surface area contributed by atoms with Gasteiger partial charge in [-0.15, -0.1) is 11.6 Å². The summed E-state index contributed by atoms with van der Waals surface area (Å²) in [6.07, 6.45) is 9.93. The summed E-state index contributed by atoms with van der Waals surface area (Å²) in [5.41, 5.74) is 5.19. The second-order valence-electron chi connectivity index (χ2n) is 7.73. The van der Waals surface area contributed by atoms with Crippen LogP contribution in [0.4, 0.5) is 5.69 Å². The molecular formula is C28H32KN6O-. The van der Waals surface area contributed by atoms with Gasteiger partial charge in [0.2, 0.25) is 5.56 Å². The SMILES string of the molecule is C=C/C(=C\NC)c1cn[c-]c(NCCC(NCCc2ccc(C#N)cc2)c2cccc(=O)[nH]2)c1.[CH3-].[K+]. The van der Waals surface area contributed by atoms with Crippen LogP contribution in [0.5, 0.6) is 0 Å². The monoisotopic (exact) mass is 507 g/mol. The fraction of sp³-hybridized carbons (Fsp3) is 0.214. The number of aromatic amines is 1. The summed E-state index contributed by atoms with van der Waals surface area (Å²) in [6.45, 7) is 5.24. The van der Waals surface area contributed by atoms with Gasteiger partial charge in [-0.2, -0.15) is 5.26 Å². The van der Waals surface area contributed by atoms with Crippen LogP contribution in [0.25, 0.3) is 5.57 Å². The molecule has 7 nitrogen and oxygen atoms in total. The Bertz CT molecular complexity index is 1210. The number of pyridine rings is 2. The van der Waals surface area contributed by atoms with Crippen molar-refractivity contribution in [2.24, 2.45) is 0 Å². The van der Waals surface area contributed by atoms with Crippen LogP contribution < -0.4 is 72.9 Å². The van der Waals surface area contributed by atoms with Crippen molar-refractivity contribution in [1.29, 1.82) is 5.26 Å². The summed E-state index contributed by atoms with van der Waals surface area (Å²) in [6, 6.07) is 16.9. The van der Waals surface area contributed by atoms with Gasteiger partial charge in [0.25, 0.3) is 0 Å². The first-order valence-corrected chi connectivity index (χ1v) is 11.2. The minimum absolute atomic E-state index is 0. The number of benzene rings is 1. The molecule has 0 saturated carbocycles. The summed E-state index contributed by atoms with van der Waals surface area (Å²) < 4.78 is 0. The molecule has 182 valence electrons. The van der Waals surface area contributed by atoms with Gasteiger partial charge in [0.15, 0.2) is 0 Å². The van der Waals surface area contributed by atoms with Gasteiger partial charge in [0, 0.05) is 37.6 Å². The summed E-state index contributed by atoms with van der Waals surface area (Å²) >= 11 is 0. The number of aromatic nitrogens is 2. The molecule has 0 fully saturated rings. The zero-order chi connectivity index (χ0) is 24.2. The minimum Gasteiger partial charge on any atom is -0.405 e. The molecule has 3 rings (SSSR count). The molecule has 0 spiro atoms. The molecule has 1 aromatic carbocycles. The van der Waals surface area contributed by atoms with Crippen molar-refractivity contribution in [2.75, 3.05) is 25.5 Å². The maximum atomic E-state index is 11.9. The molecule has 0 aliphatic carbocycles. The van der Waals surface area contributed by atoms with E-state index in [-0.39, 0.29) is 70.4 Å². The molecule has 0 radical (unpaired) electrons. The first-order valence-electron chi connectivity index (χ1n) is 11.2. The average Bonchev–Trinajstić information content (AvgIpc) is 2.87. The molecule has 4 N–H and O–H groups in total. The third-order valence-corrected chi connectivity index (χ3v) is 5.34. The van der Waals surface area contributed by atoms with Crippen molar-refractivity contribution in [3.63, 3.8) is 0 Å². The van der Waals surface area contributed by atoms with Crippen LogP contribution in [0, 0.1) is 25.0 Å². The number of nitrogens with zero attached hydrogens (tertiary/aromatic N) is 2. The predicted molar refractivity (Wildman–Crippen MR) is 142 cm³/mol. The number of anilines is 1. The van der Waals surface area contributed by atoms with Crippen molar-refractivity contribution in [2.45, 2.75) is 18.9 Å². The Kier molecular flexibility index (Phi) is 14.9. The maximum absolute atomic E-state index is 11.9. The molecule has 1 atom stereocenters. The van der Waals surface area contributed by atoms with Crippen molar-refractivity contribution in [1.82, 2.24) is 20.6 Å². The van der Waals surface area contributed by atoms with Gasteiger partial charge in [-0.25, -0.2) is 0 Å². The summed E-state index contributed by atoms with van der Waals surface area (Å²) in [5.74, 6) is 0. The van der Waals surface area contributed by atoms with Gasteiger partial charge in [-0.1, -0.05) is 48.9 Å². The molecule has 0 aliphatic rings. The fourth-order valence-corrected chi connectivity index (χ4v) is 3.58. The molecule has 0 amide bonds. The second-order valence-corrected chi connectivity index (χ2v) is 7.73. The number of nitriles is 1. The van der Waals surface area contributed by atoms with E-state index in [1.54, 1.807) is 18.3 Å². The van der Waals surface area contributed by atoms with Gasteiger partial charge in [-0.3, -0.25) is 4.79 Å². The molecule has 2 heterocycles. The van der Waals surface area contributed by atoms with E-state index < -0.39 is 0 Å². The van der Waals surface area contributed by atoms with E-state index in [1.165, 1.54) is 6.07 Å². The Morgan fingerprint density at radius 2 is 2.03 bits per heavy atom. The van der Waals surface area contributed by atoms with Gasteiger partial charge in [-0.05, 0) is 48.7 Å². The Morgan fingerprint density at radius 1 is 1.25 bits per heavy atom. The van der Waals surface area contributed by atoms with Crippen LogP contribution in [0.1, 0.15) is 34.8 Å². The van der Waals surface area contributed by atoms with Crippen molar-refractivity contribution in [3.8, 4) is 6.07 Å². The Hall–Kier alpha value is -2.51. The van der Waals surface area contributed by atoms with E-state index in [1.807, 2.05) is 49.6 Å². The molecule has 3 aromatic rings. The van der Waals surface area contributed by atoms with E-state index in [4.69, 9.17) is 5.26 Å². The number of H-pyrrole nitrogens is 1. The van der Waals surface area contributed by atoms with E-state index >= 15 is 0 Å². The molecule has 0 aliphatic heterocycles. The third-order valence-electron chi connectivity index (χ3n) is 5.34. The van der Waals surface area contributed by atoms with Crippen LogP contribution in [-0.4, -0.2) is 30.1 Å². The smallest absolute Gasteiger partial charge is 0.405 e. The van der Waals surface area contributed by atoms with Gasteiger partial charge < -0.3 is 33.3 Å². The average molecular weight is 508 g/mol. The number of hydrogen-bond donors (Lipinski definition) is 4. The van der Waals surface area contributed by atoms with Crippen LogP contribution >= 0.6 is 0 Å². The fourth-order valence-electron chi connectivity index (χ4n) is 3.58. The molecule has 8 heteroatoms. The van der Waals surface area contributed by atoms with Gasteiger partial charge in [0.1, 0.15) is 0 Å². The van der Waals surface area contributed by atoms with Crippen LogP contribution in [-0.2, 0) is 6.42 Å². The zero-order valence-corrected chi connectivity index (χ0v) is 24.4. The minimum atomic E-state index is -0.122. The van der Waals surface area contributed by atoms with Crippen LogP contribution in [0.3, 0.4) is 0 Å². The predicted octanol–water partition coefficient (Wildman–Crippen LogP) is 1.02. The normalized spacial score (nSPS) is 11.3. The summed E-state index contributed by atoms with van der Waals surface area (Å²) in [4.78, 5) is 19.0. The van der Waals surface area contributed by atoms with E-state index in [2.05, 4.69) is 44.8 Å². The Balaban J connectivity index is 0.00000324. The van der Waals surface area contributed by atoms with E-state index in [0.29, 0.717) is 12.1 Å². The molecule has 0 saturated heterocycles. The summed E-state index contributed by atoms with van der Waals surface area (Å²) in [7, 11) is 1.84. The number of allylic oxidation sites excluding steroid dienone is 2. The second kappa shape index (κ2) is 17.0. The zero-order valence-electron chi connectivity index (χ0n) is 21.3. The van der Waals surface area contributed by atoms with E-state index in [0.717, 1.165) is 47.5 Å². The Labute approximate surface area is 256 Å². The quantitative estimate of drug-likeness (QED) is 0.166. The number of nitrogens with one attached hydrogen (secondary N) is 4. The first-order chi connectivity index (χ1) is 16.6. The first kappa shape index (κ1) is 31.5. The molecule has 2 aromatic heterocycles. The Morgan fingerprint density at radius 3 is 2.69 bits per heavy atom. The third kappa shape index (κ3) is 9.86. The molecule has 0 bridgehead atoms. The largest absolute Gasteiger partial charge is 1.00 e. The van der Waals surface area contributed by atoms with Gasteiger partial charge >= 0.3 is 51.4 Å². The van der Waals surface area contributed by atoms with Crippen molar-refractivity contribution in [3.05, 3.63) is 120 Å². The maximum Gasteiger partial charge on any atom is 1.00 e. The standard InChI is InChI=1S/C27H29N6O.CH3.K/c1-3-22(17-29-2)23-15-24(19-30-18-23)31-14-12-25(26-5-4-6-27(34)33-26)32-13-11-20-7-9-21(16-28)10-8-20;;/h3-10,15,17-18,25,29,31-32H,1,11-14H2,2H3,(H,33,34);1H3;/q2*-1;+1/b22-17+;;.